The number of carbonyl (C=O) groups is 1. The molecule has 0 aliphatic carbocycles. The summed E-state index contributed by atoms with van der Waals surface area (Å²) in [5, 5.41) is 10.7. The number of ether oxygens (including phenoxy) is 2. The number of methoxy groups -OCH3 is 2. The van der Waals surface area contributed by atoms with Crippen LogP contribution in [0.2, 0.25) is 0 Å². The fourth-order valence-corrected chi connectivity index (χ4v) is 2.08. The van der Waals surface area contributed by atoms with Crippen molar-refractivity contribution < 1.29 is 19.4 Å². The van der Waals surface area contributed by atoms with Crippen LogP contribution in [0.25, 0.3) is 10.8 Å². The van der Waals surface area contributed by atoms with Crippen LogP contribution in [0.4, 0.5) is 0 Å². The summed E-state index contributed by atoms with van der Waals surface area (Å²) in [6, 6.07) is 7.15. The molecule has 94 valence electrons. The number of hydrogen-bond acceptors (Lipinski definition) is 3. The number of benzene rings is 2. The van der Waals surface area contributed by atoms with Gasteiger partial charge in [0.05, 0.1) is 14.2 Å². The van der Waals surface area contributed by atoms with Gasteiger partial charge in [-0.2, -0.15) is 0 Å². The molecule has 0 amide bonds. The van der Waals surface area contributed by atoms with E-state index in [0.717, 1.165) is 10.9 Å². The van der Waals surface area contributed by atoms with E-state index in [-0.39, 0.29) is 5.56 Å². The molecule has 0 aliphatic heterocycles. The quantitative estimate of drug-likeness (QED) is 0.904. The molecule has 1 N–H and O–H groups in total. The molecular formula is C14H14O4. The number of carboxylic acid groups (broad SMARTS) is 1. The first kappa shape index (κ1) is 12.2. The average Bonchev–Trinajstić information content (AvgIpc) is 2.35. The molecule has 18 heavy (non-hydrogen) atoms. The molecule has 4 nitrogen and oxygen atoms in total. The Balaban J connectivity index is 2.91. The Bertz CT molecular complexity index is 617. The molecule has 2 rings (SSSR count). The smallest absolute Gasteiger partial charge is 0.340 e. The predicted molar refractivity (Wildman–Crippen MR) is 68.7 cm³/mol. The third kappa shape index (κ3) is 1.86. The summed E-state index contributed by atoms with van der Waals surface area (Å²) in [5.41, 5.74) is 1.10. The van der Waals surface area contributed by atoms with Crippen molar-refractivity contribution in [2.24, 2.45) is 0 Å². The topological polar surface area (TPSA) is 55.8 Å². The summed E-state index contributed by atoms with van der Waals surface area (Å²) in [6.07, 6.45) is 0. The Morgan fingerprint density at radius 3 is 2.28 bits per heavy atom. The Morgan fingerprint density at radius 1 is 1.06 bits per heavy atom. The minimum absolute atomic E-state index is 0.164. The van der Waals surface area contributed by atoms with Crippen molar-refractivity contribution in [3.05, 3.63) is 35.4 Å². The fourth-order valence-electron chi connectivity index (χ4n) is 2.08. The summed E-state index contributed by atoms with van der Waals surface area (Å²) in [7, 11) is 3.03. The van der Waals surface area contributed by atoms with E-state index in [1.165, 1.54) is 7.11 Å². The molecular weight excluding hydrogens is 232 g/mol. The molecule has 2 aromatic rings. The van der Waals surface area contributed by atoms with E-state index >= 15 is 0 Å². The van der Waals surface area contributed by atoms with Gasteiger partial charge in [-0.25, -0.2) is 4.79 Å². The second-order valence-corrected chi connectivity index (χ2v) is 4.01. The van der Waals surface area contributed by atoms with Crippen molar-refractivity contribution in [1.82, 2.24) is 0 Å². The monoisotopic (exact) mass is 246 g/mol. The predicted octanol–water partition coefficient (Wildman–Crippen LogP) is 2.86. The standard InChI is InChI=1S/C14H14O4/c1-8-6-10-9(12(7-8)18-3)4-5-11(17-2)13(10)14(15)16/h4-7H,1-3H3,(H,15,16). The van der Waals surface area contributed by atoms with Crippen LogP contribution in [0.15, 0.2) is 24.3 Å². The molecule has 0 unspecified atom stereocenters. The van der Waals surface area contributed by atoms with Crippen molar-refractivity contribution in [1.29, 1.82) is 0 Å². The summed E-state index contributed by atoms with van der Waals surface area (Å²) in [6.45, 7) is 1.90. The Morgan fingerprint density at radius 2 is 1.72 bits per heavy atom. The fraction of sp³-hybridized carbons (Fsp3) is 0.214. The summed E-state index contributed by atoms with van der Waals surface area (Å²) in [4.78, 5) is 11.4. The van der Waals surface area contributed by atoms with Gasteiger partial charge in [0, 0.05) is 10.8 Å². The van der Waals surface area contributed by atoms with Gasteiger partial charge in [-0.15, -0.1) is 0 Å². The Kier molecular flexibility index (Phi) is 3.10. The van der Waals surface area contributed by atoms with Gasteiger partial charge in [-0.1, -0.05) is 6.07 Å². The molecule has 0 saturated heterocycles. The van der Waals surface area contributed by atoms with E-state index < -0.39 is 5.97 Å². The van der Waals surface area contributed by atoms with E-state index in [2.05, 4.69) is 0 Å². The summed E-state index contributed by atoms with van der Waals surface area (Å²) in [5.74, 6) is 0.00269. The lowest BCUT2D eigenvalue weighted by atomic mass is 10.0. The van der Waals surface area contributed by atoms with E-state index in [4.69, 9.17) is 9.47 Å². The van der Waals surface area contributed by atoms with Crippen LogP contribution in [-0.4, -0.2) is 25.3 Å². The van der Waals surface area contributed by atoms with Crippen molar-refractivity contribution >= 4 is 16.7 Å². The normalized spacial score (nSPS) is 10.4. The lowest BCUT2D eigenvalue weighted by Crippen LogP contribution is -2.02. The van der Waals surface area contributed by atoms with Crippen LogP contribution < -0.4 is 9.47 Å². The van der Waals surface area contributed by atoms with Crippen molar-refractivity contribution in [3.8, 4) is 11.5 Å². The minimum Gasteiger partial charge on any atom is -0.496 e. The molecule has 4 heteroatoms. The first-order chi connectivity index (χ1) is 8.58. The highest BCUT2D eigenvalue weighted by molar-refractivity contribution is 6.08. The maximum atomic E-state index is 11.4. The number of hydrogen-bond donors (Lipinski definition) is 1. The van der Waals surface area contributed by atoms with E-state index in [1.54, 1.807) is 19.2 Å². The molecule has 0 aromatic heterocycles. The first-order valence-corrected chi connectivity index (χ1v) is 5.47. The molecule has 0 spiro atoms. The molecule has 2 aromatic carbocycles. The molecule has 0 aliphatic rings. The van der Waals surface area contributed by atoms with Gasteiger partial charge in [0.1, 0.15) is 17.1 Å². The van der Waals surface area contributed by atoms with Gasteiger partial charge < -0.3 is 14.6 Å². The maximum absolute atomic E-state index is 11.4. The highest BCUT2D eigenvalue weighted by Gasteiger charge is 2.17. The molecule has 0 fully saturated rings. The lowest BCUT2D eigenvalue weighted by molar-refractivity contribution is 0.0695. The zero-order valence-corrected chi connectivity index (χ0v) is 10.5. The Labute approximate surface area is 105 Å². The van der Waals surface area contributed by atoms with Crippen LogP contribution >= 0.6 is 0 Å². The molecule has 0 bridgehead atoms. The van der Waals surface area contributed by atoms with Gasteiger partial charge in [0.2, 0.25) is 0 Å². The second kappa shape index (κ2) is 4.56. The maximum Gasteiger partial charge on any atom is 0.340 e. The third-order valence-electron chi connectivity index (χ3n) is 2.86. The highest BCUT2D eigenvalue weighted by Crippen LogP contribution is 2.34. The number of aryl methyl sites for hydroxylation is 1. The van der Waals surface area contributed by atoms with Crippen molar-refractivity contribution in [3.63, 3.8) is 0 Å². The van der Waals surface area contributed by atoms with E-state index in [9.17, 15) is 9.90 Å². The van der Waals surface area contributed by atoms with Crippen LogP contribution in [-0.2, 0) is 0 Å². The summed E-state index contributed by atoms with van der Waals surface area (Å²) >= 11 is 0. The minimum atomic E-state index is -1.01. The second-order valence-electron chi connectivity index (χ2n) is 4.01. The number of aromatic carboxylic acids is 1. The van der Waals surface area contributed by atoms with Crippen LogP contribution in [0.3, 0.4) is 0 Å². The molecule has 0 heterocycles. The van der Waals surface area contributed by atoms with Gasteiger partial charge >= 0.3 is 5.97 Å². The van der Waals surface area contributed by atoms with Gasteiger partial charge in [0.25, 0.3) is 0 Å². The summed E-state index contributed by atoms with van der Waals surface area (Å²) < 4.78 is 10.4. The average molecular weight is 246 g/mol. The van der Waals surface area contributed by atoms with Crippen molar-refractivity contribution in [2.75, 3.05) is 14.2 Å². The number of rotatable bonds is 3. The zero-order chi connectivity index (χ0) is 13.3. The number of fused-ring (bicyclic) bond motifs is 1. The SMILES string of the molecule is COc1ccc2c(OC)cc(C)cc2c1C(=O)O. The van der Waals surface area contributed by atoms with Gasteiger partial charge in [-0.05, 0) is 30.7 Å². The van der Waals surface area contributed by atoms with Crippen LogP contribution in [0.1, 0.15) is 15.9 Å². The highest BCUT2D eigenvalue weighted by atomic mass is 16.5. The molecule has 0 radical (unpaired) electrons. The van der Waals surface area contributed by atoms with E-state index in [0.29, 0.717) is 16.9 Å². The van der Waals surface area contributed by atoms with Crippen LogP contribution in [0.5, 0.6) is 11.5 Å². The lowest BCUT2D eigenvalue weighted by Gasteiger charge is -2.12. The van der Waals surface area contributed by atoms with Crippen LogP contribution in [0, 0.1) is 6.92 Å². The zero-order valence-electron chi connectivity index (χ0n) is 10.5. The van der Waals surface area contributed by atoms with E-state index in [1.807, 2.05) is 19.1 Å². The van der Waals surface area contributed by atoms with Crippen molar-refractivity contribution in [2.45, 2.75) is 6.92 Å². The largest absolute Gasteiger partial charge is 0.496 e. The Hall–Kier alpha value is -2.23. The molecule has 0 saturated carbocycles. The third-order valence-corrected chi connectivity index (χ3v) is 2.86. The van der Waals surface area contributed by atoms with Gasteiger partial charge in [0.15, 0.2) is 0 Å². The molecule has 0 atom stereocenters. The number of carboxylic acids is 1. The first-order valence-electron chi connectivity index (χ1n) is 5.47. The van der Waals surface area contributed by atoms with Gasteiger partial charge in [-0.3, -0.25) is 0 Å².